The van der Waals surface area contributed by atoms with Crippen LogP contribution in [-0.4, -0.2) is 35.4 Å². The first kappa shape index (κ1) is 20.1. The highest BCUT2D eigenvalue weighted by molar-refractivity contribution is 7.80. The molecule has 3 nitrogen and oxygen atoms in total. The minimum atomic E-state index is -0.326. The summed E-state index contributed by atoms with van der Waals surface area (Å²) < 4.78 is 0. The van der Waals surface area contributed by atoms with Gasteiger partial charge in [-0.1, -0.05) is 67.7 Å². The SMILES string of the molecule is CCN(CC)C(=S)[C@](C)(CNC(=O)c1ccccc1)Cc1ccccc1. The smallest absolute Gasteiger partial charge is 0.251 e. The fourth-order valence-electron chi connectivity index (χ4n) is 3.12. The Labute approximate surface area is 162 Å². The molecule has 0 spiro atoms. The number of rotatable bonds is 8. The van der Waals surface area contributed by atoms with E-state index in [9.17, 15) is 4.79 Å². The van der Waals surface area contributed by atoms with Crippen LogP contribution < -0.4 is 5.32 Å². The van der Waals surface area contributed by atoms with Crippen LogP contribution in [-0.2, 0) is 6.42 Å². The number of thiocarbonyl (C=S) groups is 1. The maximum Gasteiger partial charge on any atom is 0.251 e. The van der Waals surface area contributed by atoms with Gasteiger partial charge in [-0.3, -0.25) is 4.79 Å². The van der Waals surface area contributed by atoms with Crippen molar-refractivity contribution in [2.75, 3.05) is 19.6 Å². The Bertz CT molecular complexity index is 713. The largest absolute Gasteiger partial charge is 0.366 e. The molecule has 0 unspecified atom stereocenters. The minimum Gasteiger partial charge on any atom is -0.366 e. The maximum absolute atomic E-state index is 12.5. The number of hydrogen-bond acceptors (Lipinski definition) is 2. The van der Waals surface area contributed by atoms with E-state index in [1.165, 1.54) is 5.56 Å². The van der Waals surface area contributed by atoms with Crippen LogP contribution in [0.1, 0.15) is 36.7 Å². The van der Waals surface area contributed by atoms with Crippen LogP contribution in [0.25, 0.3) is 0 Å². The summed E-state index contributed by atoms with van der Waals surface area (Å²) in [6, 6.07) is 19.6. The number of nitrogens with zero attached hydrogens (tertiary/aromatic N) is 1. The molecule has 0 aliphatic carbocycles. The first-order chi connectivity index (χ1) is 12.5. The van der Waals surface area contributed by atoms with Crippen molar-refractivity contribution >= 4 is 23.1 Å². The van der Waals surface area contributed by atoms with Gasteiger partial charge < -0.3 is 10.2 Å². The molecule has 138 valence electrons. The minimum absolute atomic E-state index is 0.0627. The summed E-state index contributed by atoms with van der Waals surface area (Å²) in [6.07, 6.45) is 0.790. The Morgan fingerprint density at radius 1 is 1.00 bits per heavy atom. The van der Waals surface area contributed by atoms with Gasteiger partial charge in [0.05, 0.1) is 4.99 Å². The van der Waals surface area contributed by atoms with Crippen LogP contribution in [0.5, 0.6) is 0 Å². The molecule has 0 fully saturated rings. The highest BCUT2D eigenvalue weighted by Gasteiger charge is 2.33. The predicted molar refractivity (Wildman–Crippen MR) is 113 cm³/mol. The number of nitrogens with one attached hydrogen (secondary N) is 1. The zero-order valence-electron chi connectivity index (χ0n) is 15.9. The van der Waals surface area contributed by atoms with Crippen LogP contribution in [0.2, 0.25) is 0 Å². The quantitative estimate of drug-likeness (QED) is 0.704. The number of carbonyl (C=O) groups excluding carboxylic acids is 1. The molecule has 0 aromatic heterocycles. The Morgan fingerprint density at radius 2 is 1.54 bits per heavy atom. The van der Waals surface area contributed by atoms with E-state index in [4.69, 9.17) is 12.2 Å². The zero-order chi connectivity index (χ0) is 19.0. The van der Waals surface area contributed by atoms with Crippen molar-refractivity contribution in [1.29, 1.82) is 0 Å². The summed E-state index contributed by atoms with van der Waals surface area (Å²) >= 11 is 5.85. The molecule has 4 heteroatoms. The van der Waals surface area contributed by atoms with Crippen molar-refractivity contribution in [1.82, 2.24) is 10.2 Å². The molecule has 0 aliphatic heterocycles. The van der Waals surface area contributed by atoms with Crippen LogP contribution in [0, 0.1) is 5.41 Å². The molecule has 1 amide bonds. The second-order valence-corrected chi connectivity index (χ2v) is 7.14. The van der Waals surface area contributed by atoms with Crippen LogP contribution >= 0.6 is 12.2 Å². The lowest BCUT2D eigenvalue weighted by Crippen LogP contribution is -2.48. The van der Waals surface area contributed by atoms with Gasteiger partial charge in [0, 0.05) is 30.6 Å². The lowest BCUT2D eigenvalue weighted by atomic mass is 9.82. The Balaban J connectivity index is 2.19. The summed E-state index contributed by atoms with van der Waals surface area (Å²) in [5, 5.41) is 3.09. The van der Waals surface area contributed by atoms with Gasteiger partial charge in [-0.25, -0.2) is 0 Å². The number of hydrogen-bond donors (Lipinski definition) is 1. The molecule has 26 heavy (non-hydrogen) atoms. The Morgan fingerprint density at radius 3 is 2.08 bits per heavy atom. The van der Waals surface area contributed by atoms with Gasteiger partial charge in [0.25, 0.3) is 5.91 Å². The lowest BCUT2D eigenvalue weighted by molar-refractivity contribution is 0.0942. The fourth-order valence-corrected chi connectivity index (χ4v) is 3.52. The standard InChI is InChI=1S/C22H28N2OS/c1-4-24(5-2)21(26)22(3,16-18-12-8-6-9-13-18)17-23-20(25)19-14-10-7-11-15-19/h6-15H,4-5,16-17H2,1-3H3,(H,23,25)/t22-/m0/s1. The second kappa shape index (κ2) is 9.48. The number of amides is 1. The van der Waals surface area contributed by atoms with Gasteiger partial charge in [-0.05, 0) is 38.0 Å². The van der Waals surface area contributed by atoms with Crippen molar-refractivity contribution in [2.45, 2.75) is 27.2 Å². The van der Waals surface area contributed by atoms with E-state index in [0.29, 0.717) is 12.1 Å². The van der Waals surface area contributed by atoms with E-state index >= 15 is 0 Å². The molecular weight excluding hydrogens is 340 g/mol. The third-order valence-corrected chi connectivity index (χ3v) is 5.43. The van der Waals surface area contributed by atoms with Gasteiger partial charge in [-0.2, -0.15) is 0 Å². The van der Waals surface area contributed by atoms with Crippen molar-refractivity contribution in [3.63, 3.8) is 0 Å². The van der Waals surface area contributed by atoms with Crippen molar-refractivity contribution in [3.05, 3.63) is 71.8 Å². The summed E-state index contributed by atoms with van der Waals surface area (Å²) in [5.74, 6) is -0.0627. The molecular formula is C22H28N2OS. The fraction of sp³-hybridized carbons (Fsp3) is 0.364. The van der Waals surface area contributed by atoms with E-state index in [1.807, 2.05) is 48.5 Å². The highest BCUT2D eigenvalue weighted by Crippen LogP contribution is 2.26. The average molecular weight is 369 g/mol. The van der Waals surface area contributed by atoms with E-state index in [2.05, 4.69) is 43.1 Å². The molecule has 2 rings (SSSR count). The maximum atomic E-state index is 12.5. The summed E-state index contributed by atoms with van der Waals surface area (Å²) in [4.78, 5) is 15.6. The topological polar surface area (TPSA) is 32.3 Å². The molecule has 0 radical (unpaired) electrons. The summed E-state index contributed by atoms with van der Waals surface area (Å²) in [7, 11) is 0. The molecule has 0 aliphatic rings. The van der Waals surface area contributed by atoms with Crippen molar-refractivity contribution < 1.29 is 4.79 Å². The van der Waals surface area contributed by atoms with Crippen LogP contribution in [0.15, 0.2) is 60.7 Å². The Hall–Kier alpha value is -2.20. The molecule has 0 bridgehead atoms. The summed E-state index contributed by atoms with van der Waals surface area (Å²) in [6.45, 7) is 8.61. The van der Waals surface area contributed by atoms with Crippen molar-refractivity contribution in [3.8, 4) is 0 Å². The monoisotopic (exact) mass is 368 g/mol. The number of carbonyl (C=O) groups is 1. The van der Waals surface area contributed by atoms with Crippen molar-refractivity contribution in [2.24, 2.45) is 5.41 Å². The second-order valence-electron chi connectivity index (χ2n) is 6.75. The van der Waals surface area contributed by atoms with Crippen LogP contribution in [0.3, 0.4) is 0 Å². The van der Waals surface area contributed by atoms with Crippen LogP contribution in [0.4, 0.5) is 0 Å². The molecule has 1 atom stereocenters. The van der Waals surface area contributed by atoms with Gasteiger partial charge >= 0.3 is 0 Å². The Kier molecular flexibility index (Phi) is 7.34. The normalized spacial score (nSPS) is 12.9. The van der Waals surface area contributed by atoms with Gasteiger partial charge in [0.1, 0.15) is 0 Å². The molecule has 0 heterocycles. The first-order valence-corrected chi connectivity index (χ1v) is 9.57. The molecule has 2 aromatic rings. The molecule has 1 N–H and O–H groups in total. The van der Waals surface area contributed by atoms with E-state index < -0.39 is 0 Å². The van der Waals surface area contributed by atoms with Gasteiger partial charge in [-0.15, -0.1) is 0 Å². The predicted octanol–water partition coefficient (Wildman–Crippen LogP) is 4.33. The zero-order valence-corrected chi connectivity index (χ0v) is 16.7. The molecule has 0 saturated heterocycles. The molecule has 0 saturated carbocycles. The lowest BCUT2D eigenvalue weighted by Gasteiger charge is -2.37. The number of benzene rings is 2. The third kappa shape index (κ3) is 5.15. The summed E-state index contributed by atoms with van der Waals surface area (Å²) in [5.41, 5.74) is 1.56. The average Bonchev–Trinajstić information content (AvgIpc) is 2.68. The highest BCUT2D eigenvalue weighted by atomic mass is 32.1. The molecule has 2 aromatic carbocycles. The third-order valence-electron chi connectivity index (χ3n) is 4.68. The van der Waals surface area contributed by atoms with Gasteiger partial charge in [0.2, 0.25) is 0 Å². The van der Waals surface area contributed by atoms with E-state index in [0.717, 1.165) is 24.5 Å². The van der Waals surface area contributed by atoms with E-state index in [-0.39, 0.29) is 11.3 Å². The first-order valence-electron chi connectivity index (χ1n) is 9.16. The van der Waals surface area contributed by atoms with Gasteiger partial charge in [0.15, 0.2) is 0 Å². The van der Waals surface area contributed by atoms with E-state index in [1.54, 1.807) is 0 Å².